The summed E-state index contributed by atoms with van der Waals surface area (Å²) >= 11 is 0. The molecule has 0 radical (unpaired) electrons. The Kier molecular flexibility index (Phi) is 8.93. The van der Waals surface area contributed by atoms with E-state index in [1.807, 2.05) is 0 Å². The highest BCUT2D eigenvalue weighted by atomic mass is 28.4. The van der Waals surface area contributed by atoms with Gasteiger partial charge in [-0.25, -0.2) is 0 Å². The molecule has 2 aromatic carbocycles. The molecule has 154 valence electrons. The predicted octanol–water partition coefficient (Wildman–Crippen LogP) is 5.54. The van der Waals surface area contributed by atoms with Crippen molar-refractivity contribution in [2.24, 2.45) is 11.3 Å². The largest absolute Gasteiger partial charge is 0.407 e. The van der Waals surface area contributed by atoms with E-state index in [4.69, 9.17) is 8.85 Å². The van der Waals surface area contributed by atoms with Crippen molar-refractivity contribution in [3.05, 3.63) is 60.7 Å². The second kappa shape index (κ2) is 10.9. The van der Waals surface area contributed by atoms with Crippen LogP contribution in [-0.4, -0.2) is 21.8 Å². The van der Waals surface area contributed by atoms with Crippen molar-refractivity contribution in [3.8, 4) is 0 Å². The van der Waals surface area contributed by atoms with Crippen LogP contribution in [0.1, 0.15) is 60.3 Å². The lowest BCUT2D eigenvalue weighted by Crippen LogP contribution is -2.64. The zero-order chi connectivity index (χ0) is 20.5. The van der Waals surface area contributed by atoms with Crippen molar-refractivity contribution < 1.29 is 8.85 Å². The van der Waals surface area contributed by atoms with Gasteiger partial charge in [0.2, 0.25) is 0 Å². The average Bonchev–Trinajstić information content (AvgIpc) is 2.68. The number of rotatable bonds is 11. The lowest BCUT2D eigenvalue weighted by molar-refractivity contribution is 0.148. The molecule has 0 spiro atoms. The topological polar surface area (TPSA) is 18.5 Å². The van der Waals surface area contributed by atoms with Crippen LogP contribution < -0.4 is 10.4 Å². The van der Waals surface area contributed by atoms with E-state index < -0.39 is 8.56 Å². The molecule has 1 atom stereocenters. The monoisotopic (exact) mass is 398 g/mol. The first-order chi connectivity index (χ1) is 13.4. The molecule has 0 heterocycles. The molecule has 2 aromatic rings. The molecule has 0 aliphatic heterocycles. The van der Waals surface area contributed by atoms with Crippen molar-refractivity contribution in [1.29, 1.82) is 0 Å². The Morgan fingerprint density at radius 2 is 1.36 bits per heavy atom. The lowest BCUT2D eigenvalue weighted by Gasteiger charge is -2.33. The SMILES string of the molecule is CCCCCO[Si](OCC(C)CC(C)(C)C)(c1ccccc1)c1ccccc1. The fraction of sp³-hybridized carbons (Fsp3) is 0.520. The van der Waals surface area contributed by atoms with Crippen molar-refractivity contribution in [2.45, 2.75) is 60.3 Å². The van der Waals surface area contributed by atoms with E-state index in [1.54, 1.807) is 0 Å². The highest BCUT2D eigenvalue weighted by Crippen LogP contribution is 2.25. The fourth-order valence-electron chi connectivity index (χ4n) is 3.79. The van der Waals surface area contributed by atoms with Crippen LogP contribution in [0.4, 0.5) is 0 Å². The van der Waals surface area contributed by atoms with Crippen LogP contribution in [-0.2, 0) is 8.85 Å². The van der Waals surface area contributed by atoms with E-state index in [2.05, 4.69) is 95.3 Å². The molecule has 0 bridgehead atoms. The van der Waals surface area contributed by atoms with Crippen LogP contribution in [0, 0.1) is 11.3 Å². The summed E-state index contributed by atoms with van der Waals surface area (Å²) in [6.07, 6.45) is 4.59. The maximum atomic E-state index is 6.81. The molecule has 0 saturated carbocycles. The molecule has 0 saturated heterocycles. The van der Waals surface area contributed by atoms with Crippen molar-refractivity contribution in [3.63, 3.8) is 0 Å². The lowest BCUT2D eigenvalue weighted by atomic mass is 9.86. The minimum Gasteiger partial charge on any atom is -0.388 e. The van der Waals surface area contributed by atoms with Crippen molar-refractivity contribution in [2.75, 3.05) is 13.2 Å². The fourth-order valence-corrected chi connectivity index (χ4v) is 7.09. The van der Waals surface area contributed by atoms with E-state index in [0.717, 1.165) is 26.1 Å². The van der Waals surface area contributed by atoms with E-state index >= 15 is 0 Å². The van der Waals surface area contributed by atoms with Crippen LogP contribution in [0.5, 0.6) is 0 Å². The second-order valence-electron chi connectivity index (χ2n) is 9.09. The molecular weight excluding hydrogens is 360 g/mol. The summed E-state index contributed by atoms with van der Waals surface area (Å²) in [6.45, 7) is 12.9. The quantitative estimate of drug-likeness (QED) is 0.365. The van der Waals surface area contributed by atoms with Gasteiger partial charge < -0.3 is 8.85 Å². The number of unbranched alkanes of at least 4 members (excludes halogenated alkanes) is 2. The Hall–Kier alpha value is -1.42. The molecule has 3 heteroatoms. The summed E-state index contributed by atoms with van der Waals surface area (Å²) in [5, 5.41) is 2.39. The van der Waals surface area contributed by atoms with Gasteiger partial charge in [0, 0.05) is 13.2 Å². The van der Waals surface area contributed by atoms with Crippen molar-refractivity contribution in [1.82, 2.24) is 0 Å². The third kappa shape index (κ3) is 6.88. The third-order valence-corrected chi connectivity index (χ3v) is 8.26. The highest BCUT2D eigenvalue weighted by molar-refractivity contribution is 6.92. The van der Waals surface area contributed by atoms with Crippen LogP contribution in [0.15, 0.2) is 60.7 Å². The van der Waals surface area contributed by atoms with E-state index in [1.165, 1.54) is 23.2 Å². The minimum atomic E-state index is -2.74. The minimum absolute atomic E-state index is 0.300. The number of hydrogen-bond donors (Lipinski definition) is 0. The predicted molar refractivity (Wildman–Crippen MR) is 123 cm³/mol. The summed E-state index contributed by atoms with van der Waals surface area (Å²) in [7, 11) is -2.74. The second-order valence-corrected chi connectivity index (χ2v) is 12.1. The van der Waals surface area contributed by atoms with E-state index in [0.29, 0.717) is 11.3 Å². The number of hydrogen-bond acceptors (Lipinski definition) is 2. The molecule has 0 N–H and O–H groups in total. The van der Waals surface area contributed by atoms with Gasteiger partial charge in [-0.05, 0) is 34.5 Å². The standard InChI is InChI=1S/C25H38O2Si/c1-6-7-14-19-26-28(23-15-10-8-11-16-23,24-17-12-9-13-18-24)27-21-22(2)20-25(3,4)5/h8-13,15-18,22H,6-7,14,19-21H2,1-5H3. The summed E-state index contributed by atoms with van der Waals surface area (Å²) < 4.78 is 13.5. The molecule has 2 rings (SSSR count). The van der Waals surface area contributed by atoms with Gasteiger partial charge >= 0.3 is 8.56 Å². The highest BCUT2D eigenvalue weighted by Gasteiger charge is 2.43. The van der Waals surface area contributed by atoms with Gasteiger partial charge in [0.25, 0.3) is 0 Å². The van der Waals surface area contributed by atoms with Crippen LogP contribution >= 0.6 is 0 Å². The van der Waals surface area contributed by atoms with Gasteiger partial charge in [-0.15, -0.1) is 0 Å². The maximum absolute atomic E-state index is 6.81. The smallest absolute Gasteiger partial charge is 0.388 e. The van der Waals surface area contributed by atoms with Crippen molar-refractivity contribution >= 4 is 18.9 Å². The van der Waals surface area contributed by atoms with Gasteiger partial charge in [-0.1, -0.05) is 108 Å². The first-order valence-electron chi connectivity index (χ1n) is 10.8. The Morgan fingerprint density at radius 3 is 1.82 bits per heavy atom. The molecule has 0 aromatic heterocycles. The van der Waals surface area contributed by atoms with Gasteiger partial charge in [0.05, 0.1) is 0 Å². The van der Waals surface area contributed by atoms with Gasteiger partial charge in [0.15, 0.2) is 0 Å². The number of benzene rings is 2. The molecule has 28 heavy (non-hydrogen) atoms. The van der Waals surface area contributed by atoms with Gasteiger partial charge in [-0.2, -0.15) is 0 Å². The normalized spacial score (nSPS) is 13.5. The van der Waals surface area contributed by atoms with E-state index in [-0.39, 0.29) is 0 Å². The third-order valence-electron chi connectivity index (χ3n) is 4.89. The van der Waals surface area contributed by atoms with E-state index in [9.17, 15) is 0 Å². The van der Waals surface area contributed by atoms with Crippen LogP contribution in [0.25, 0.3) is 0 Å². The zero-order valence-corrected chi connectivity index (χ0v) is 19.4. The first kappa shape index (κ1) is 22.9. The summed E-state index contributed by atoms with van der Waals surface area (Å²) in [5.74, 6) is 0.485. The molecule has 0 fully saturated rings. The molecule has 0 aliphatic rings. The summed E-state index contributed by atoms with van der Waals surface area (Å²) in [5.41, 5.74) is 0.300. The Labute approximate surface area is 173 Å². The van der Waals surface area contributed by atoms with Gasteiger partial charge in [-0.3, -0.25) is 0 Å². The Balaban J connectivity index is 2.33. The molecule has 1 unspecified atom stereocenters. The summed E-state index contributed by atoms with van der Waals surface area (Å²) in [4.78, 5) is 0. The summed E-state index contributed by atoms with van der Waals surface area (Å²) in [6, 6.07) is 21.2. The molecule has 0 amide bonds. The Morgan fingerprint density at radius 1 is 0.821 bits per heavy atom. The molecule has 2 nitrogen and oxygen atoms in total. The first-order valence-corrected chi connectivity index (χ1v) is 12.6. The average molecular weight is 399 g/mol. The Bertz CT molecular complexity index is 624. The van der Waals surface area contributed by atoms with Gasteiger partial charge in [0.1, 0.15) is 0 Å². The zero-order valence-electron chi connectivity index (χ0n) is 18.4. The van der Waals surface area contributed by atoms with Crippen LogP contribution in [0.3, 0.4) is 0 Å². The molecule has 0 aliphatic carbocycles. The maximum Gasteiger partial charge on any atom is 0.407 e. The molecular formula is C25H38O2Si. The van der Waals surface area contributed by atoms with Crippen LogP contribution in [0.2, 0.25) is 0 Å².